The zero-order valence-electron chi connectivity index (χ0n) is 14.9. The van der Waals surface area contributed by atoms with Crippen molar-refractivity contribution in [1.29, 1.82) is 0 Å². The van der Waals surface area contributed by atoms with Crippen LogP contribution in [0.2, 0.25) is 0 Å². The molecule has 0 saturated heterocycles. The molecule has 0 radical (unpaired) electrons. The Morgan fingerprint density at radius 2 is 1.96 bits per heavy atom. The third-order valence-electron chi connectivity index (χ3n) is 5.51. The van der Waals surface area contributed by atoms with Crippen LogP contribution in [0.5, 0.6) is 5.75 Å². The number of imidazole rings is 1. The van der Waals surface area contributed by atoms with Gasteiger partial charge in [-0.3, -0.25) is 0 Å². The molecule has 4 heteroatoms. The molecule has 132 valence electrons. The molecule has 0 bridgehead atoms. The van der Waals surface area contributed by atoms with E-state index in [1.54, 1.807) is 7.11 Å². The van der Waals surface area contributed by atoms with Crippen molar-refractivity contribution in [3.63, 3.8) is 0 Å². The molecule has 0 saturated carbocycles. The largest absolute Gasteiger partial charge is 1.00 e. The molecule has 1 unspecified atom stereocenters. The second-order valence-electron chi connectivity index (χ2n) is 6.94. The van der Waals surface area contributed by atoms with Gasteiger partial charge in [-0.25, -0.2) is 9.13 Å². The number of nitrogens with zero attached hydrogens (tertiary/aromatic N) is 2. The molecule has 5 rings (SSSR count). The van der Waals surface area contributed by atoms with Crippen molar-refractivity contribution in [3.05, 3.63) is 72.3 Å². The Labute approximate surface area is 170 Å². The highest BCUT2D eigenvalue weighted by atomic mass is 127. The minimum atomic E-state index is 0. The second kappa shape index (κ2) is 6.58. The number of halogens is 1. The number of ether oxygens (including phenoxy) is 1. The van der Waals surface area contributed by atoms with E-state index in [1.807, 2.05) is 0 Å². The highest BCUT2D eigenvalue weighted by Gasteiger charge is 2.31. The maximum absolute atomic E-state index is 5.79. The minimum absolute atomic E-state index is 0. The van der Waals surface area contributed by atoms with E-state index in [0.717, 1.165) is 18.6 Å². The third kappa shape index (κ3) is 2.50. The molecule has 0 aliphatic heterocycles. The summed E-state index contributed by atoms with van der Waals surface area (Å²) < 4.78 is 10.2. The molecule has 26 heavy (non-hydrogen) atoms. The summed E-state index contributed by atoms with van der Waals surface area (Å²) in [5.41, 5.74) is 2.87. The molecule has 1 heterocycles. The Bertz CT molecular complexity index is 1120. The zero-order valence-corrected chi connectivity index (χ0v) is 17.1. The van der Waals surface area contributed by atoms with Gasteiger partial charge in [0.25, 0.3) is 0 Å². The van der Waals surface area contributed by atoms with Gasteiger partial charge in [0.1, 0.15) is 24.2 Å². The quantitative estimate of drug-likeness (QED) is 0.252. The van der Waals surface area contributed by atoms with Crippen molar-refractivity contribution < 1.29 is 33.3 Å². The molecule has 0 fully saturated rings. The van der Waals surface area contributed by atoms with Crippen molar-refractivity contribution in [2.75, 3.05) is 7.11 Å². The lowest BCUT2D eigenvalue weighted by Gasteiger charge is -2.16. The lowest BCUT2D eigenvalue weighted by molar-refractivity contribution is -0.671. The van der Waals surface area contributed by atoms with Crippen LogP contribution in [0.4, 0.5) is 0 Å². The third-order valence-corrected chi connectivity index (χ3v) is 5.51. The molecule has 3 nitrogen and oxygen atoms in total. The summed E-state index contributed by atoms with van der Waals surface area (Å²) >= 11 is 0. The number of benzene rings is 3. The summed E-state index contributed by atoms with van der Waals surface area (Å²) in [6.45, 7) is 0. The zero-order chi connectivity index (χ0) is 17.0. The Hall–Kier alpha value is -2.08. The number of aryl methyl sites for hydroxylation is 2. The molecule has 1 aromatic heterocycles. The average Bonchev–Trinajstić information content (AvgIpc) is 3.26. The highest BCUT2D eigenvalue weighted by Crippen LogP contribution is 2.44. The first-order chi connectivity index (χ1) is 12.3. The molecule has 1 atom stereocenters. The molecule has 1 aliphatic carbocycles. The number of methoxy groups -OCH3 is 1. The van der Waals surface area contributed by atoms with E-state index in [9.17, 15) is 0 Å². The lowest BCUT2D eigenvalue weighted by Crippen LogP contribution is -3.00. The predicted octanol–water partition coefficient (Wildman–Crippen LogP) is 1.17. The summed E-state index contributed by atoms with van der Waals surface area (Å²) in [6, 6.07) is 15.7. The first-order valence-electron chi connectivity index (χ1n) is 8.80. The van der Waals surface area contributed by atoms with E-state index in [-0.39, 0.29) is 24.0 Å². The van der Waals surface area contributed by atoms with Gasteiger partial charge in [0.15, 0.2) is 0 Å². The fourth-order valence-electron chi connectivity index (χ4n) is 4.39. The molecule has 1 aliphatic rings. The van der Waals surface area contributed by atoms with Gasteiger partial charge in [0.05, 0.1) is 14.2 Å². The maximum Gasteiger partial charge on any atom is 0.244 e. The van der Waals surface area contributed by atoms with Crippen LogP contribution in [0.1, 0.15) is 23.6 Å². The van der Waals surface area contributed by atoms with Gasteiger partial charge in [-0.15, -0.1) is 0 Å². The van der Waals surface area contributed by atoms with Crippen molar-refractivity contribution in [1.82, 2.24) is 4.57 Å². The molecule has 0 N–H and O–H groups in total. The summed E-state index contributed by atoms with van der Waals surface area (Å²) in [7, 11) is 3.85. The van der Waals surface area contributed by atoms with Crippen LogP contribution in [-0.4, -0.2) is 11.7 Å². The standard InChI is InChI=1S/C22H21N2O.HI/c1-23-11-12-24(14-23)19-10-8-16-13-20(25-2)22-17-6-4-3-5-15(17)7-9-18(22)21(16)19;/h3-7,9,11-14,19H,8,10H2,1-2H3;1H/q+1;/p-1. The van der Waals surface area contributed by atoms with Gasteiger partial charge >= 0.3 is 0 Å². The molecular formula is C22H21IN2O. The second-order valence-corrected chi connectivity index (χ2v) is 6.94. The van der Waals surface area contributed by atoms with Gasteiger partial charge in [-0.2, -0.15) is 0 Å². The Morgan fingerprint density at radius 1 is 1.12 bits per heavy atom. The first-order valence-corrected chi connectivity index (χ1v) is 8.80. The van der Waals surface area contributed by atoms with Crippen LogP contribution >= 0.6 is 0 Å². The number of aromatic nitrogens is 2. The first kappa shape index (κ1) is 17.3. The number of hydrogen-bond donors (Lipinski definition) is 0. The van der Waals surface area contributed by atoms with Gasteiger partial charge < -0.3 is 28.7 Å². The molecule has 0 amide bonds. The van der Waals surface area contributed by atoms with Gasteiger partial charge in [0, 0.05) is 10.9 Å². The molecule has 4 aromatic rings. The maximum atomic E-state index is 5.79. The average molecular weight is 456 g/mol. The van der Waals surface area contributed by atoms with Crippen LogP contribution in [0.15, 0.2) is 61.2 Å². The summed E-state index contributed by atoms with van der Waals surface area (Å²) in [5.74, 6) is 0.990. The van der Waals surface area contributed by atoms with Crippen LogP contribution in [-0.2, 0) is 13.5 Å². The Balaban J connectivity index is 0.00000168. The van der Waals surface area contributed by atoms with Gasteiger partial charge in [0.2, 0.25) is 6.33 Å². The monoisotopic (exact) mass is 456 g/mol. The van der Waals surface area contributed by atoms with Crippen molar-refractivity contribution in [2.45, 2.75) is 18.9 Å². The lowest BCUT2D eigenvalue weighted by atomic mass is 9.94. The van der Waals surface area contributed by atoms with Crippen molar-refractivity contribution in [2.24, 2.45) is 7.05 Å². The van der Waals surface area contributed by atoms with E-state index in [1.165, 1.54) is 32.7 Å². The summed E-state index contributed by atoms with van der Waals surface area (Å²) in [6.07, 6.45) is 8.70. The summed E-state index contributed by atoms with van der Waals surface area (Å²) in [4.78, 5) is 0. The number of hydrogen-bond acceptors (Lipinski definition) is 1. The van der Waals surface area contributed by atoms with Crippen LogP contribution in [0, 0.1) is 0 Å². The Morgan fingerprint density at radius 3 is 2.73 bits per heavy atom. The van der Waals surface area contributed by atoms with Crippen LogP contribution in [0.3, 0.4) is 0 Å². The molecular weight excluding hydrogens is 435 g/mol. The molecule has 3 aromatic carbocycles. The van der Waals surface area contributed by atoms with Crippen molar-refractivity contribution in [3.8, 4) is 5.75 Å². The van der Waals surface area contributed by atoms with E-state index in [0.29, 0.717) is 6.04 Å². The normalized spacial score (nSPS) is 15.8. The van der Waals surface area contributed by atoms with Gasteiger partial charge in [-0.05, 0) is 40.6 Å². The fourth-order valence-corrected chi connectivity index (χ4v) is 4.39. The summed E-state index contributed by atoms with van der Waals surface area (Å²) in [5, 5.41) is 5.09. The van der Waals surface area contributed by atoms with Gasteiger partial charge in [-0.1, -0.05) is 36.4 Å². The SMILES string of the molecule is COc1cc2c(c3ccc4ccccc4c13)C(n1cc[n+](C)c1)CC2.[I-]. The van der Waals surface area contributed by atoms with E-state index >= 15 is 0 Å². The fraction of sp³-hybridized carbons (Fsp3) is 0.227. The number of fused-ring (bicyclic) bond motifs is 5. The van der Waals surface area contributed by atoms with E-state index < -0.39 is 0 Å². The van der Waals surface area contributed by atoms with E-state index in [2.05, 4.69) is 77.4 Å². The van der Waals surface area contributed by atoms with Crippen LogP contribution in [0.25, 0.3) is 21.5 Å². The predicted molar refractivity (Wildman–Crippen MR) is 100 cm³/mol. The van der Waals surface area contributed by atoms with Crippen molar-refractivity contribution >= 4 is 21.5 Å². The topological polar surface area (TPSA) is 18.0 Å². The molecule has 0 spiro atoms. The van der Waals surface area contributed by atoms with Crippen LogP contribution < -0.4 is 33.3 Å². The smallest absolute Gasteiger partial charge is 0.244 e. The number of rotatable bonds is 2. The van der Waals surface area contributed by atoms with E-state index in [4.69, 9.17) is 4.74 Å². The highest BCUT2D eigenvalue weighted by molar-refractivity contribution is 6.12. The Kier molecular flexibility index (Phi) is 4.39. The minimum Gasteiger partial charge on any atom is -1.00 e.